The largest absolute Gasteiger partial charge is 0.493 e. The molecule has 2 aromatic rings. The van der Waals surface area contributed by atoms with Gasteiger partial charge in [-0.2, -0.15) is 0 Å². The SMILES string of the molecule is COc1ccc(NC(=O)c2cc(NC3CCCCC3)ncn2)cc1OC. The van der Waals surface area contributed by atoms with E-state index in [1.54, 1.807) is 38.5 Å². The number of carbonyl (C=O) groups is 1. The average Bonchev–Trinajstić information content (AvgIpc) is 2.69. The van der Waals surface area contributed by atoms with Gasteiger partial charge in [0.2, 0.25) is 0 Å². The van der Waals surface area contributed by atoms with E-state index in [-0.39, 0.29) is 5.91 Å². The van der Waals surface area contributed by atoms with Crippen LogP contribution < -0.4 is 20.1 Å². The molecule has 0 radical (unpaired) electrons. The molecule has 1 fully saturated rings. The first-order chi connectivity index (χ1) is 12.7. The molecular formula is C19H24N4O3. The summed E-state index contributed by atoms with van der Waals surface area (Å²) in [6, 6.07) is 7.30. The number of aromatic nitrogens is 2. The predicted molar refractivity (Wildman–Crippen MR) is 100 cm³/mol. The van der Waals surface area contributed by atoms with Crippen LogP contribution in [0.2, 0.25) is 0 Å². The van der Waals surface area contributed by atoms with Gasteiger partial charge in [0, 0.05) is 23.9 Å². The molecule has 1 heterocycles. The van der Waals surface area contributed by atoms with E-state index in [1.807, 2.05) is 0 Å². The number of benzene rings is 1. The second-order valence-corrected chi connectivity index (χ2v) is 6.29. The van der Waals surface area contributed by atoms with Crippen LogP contribution in [0.15, 0.2) is 30.6 Å². The van der Waals surface area contributed by atoms with E-state index in [4.69, 9.17) is 9.47 Å². The average molecular weight is 356 g/mol. The number of rotatable bonds is 6. The van der Waals surface area contributed by atoms with E-state index >= 15 is 0 Å². The number of carbonyl (C=O) groups excluding carboxylic acids is 1. The molecule has 0 spiro atoms. The Morgan fingerprint density at radius 2 is 1.81 bits per heavy atom. The predicted octanol–water partition coefficient (Wildman–Crippen LogP) is 3.49. The van der Waals surface area contributed by atoms with E-state index in [2.05, 4.69) is 20.6 Å². The Kier molecular flexibility index (Phi) is 5.88. The molecule has 7 nitrogen and oxygen atoms in total. The van der Waals surface area contributed by atoms with E-state index in [9.17, 15) is 4.79 Å². The molecule has 2 N–H and O–H groups in total. The molecule has 26 heavy (non-hydrogen) atoms. The standard InChI is InChI=1S/C19H24N4O3/c1-25-16-9-8-14(10-17(16)26-2)23-19(24)15-11-18(21-12-20-15)22-13-6-4-3-5-7-13/h8-13H,3-7H2,1-2H3,(H,23,24)(H,20,21,22). The van der Waals surface area contributed by atoms with Crippen LogP contribution in [0.3, 0.4) is 0 Å². The summed E-state index contributed by atoms with van der Waals surface area (Å²) >= 11 is 0. The van der Waals surface area contributed by atoms with Crippen LogP contribution in [0.5, 0.6) is 11.5 Å². The summed E-state index contributed by atoms with van der Waals surface area (Å²) in [6.07, 6.45) is 7.44. The summed E-state index contributed by atoms with van der Waals surface area (Å²) in [5.74, 6) is 1.54. The number of methoxy groups -OCH3 is 2. The Morgan fingerprint density at radius 1 is 1.04 bits per heavy atom. The summed E-state index contributed by atoms with van der Waals surface area (Å²) < 4.78 is 10.5. The fraction of sp³-hybridized carbons (Fsp3) is 0.421. The topological polar surface area (TPSA) is 85.4 Å². The quantitative estimate of drug-likeness (QED) is 0.824. The van der Waals surface area contributed by atoms with Crippen LogP contribution >= 0.6 is 0 Å². The first-order valence-corrected chi connectivity index (χ1v) is 8.81. The molecule has 1 aromatic carbocycles. The first-order valence-electron chi connectivity index (χ1n) is 8.81. The summed E-state index contributed by atoms with van der Waals surface area (Å²) in [5, 5.41) is 6.23. The smallest absolute Gasteiger partial charge is 0.274 e. The summed E-state index contributed by atoms with van der Waals surface area (Å²) in [4.78, 5) is 20.8. The molecule has 0 atom stereocenters. The molecule has 1 aliphatic carbocycles. The highest BCUT2D eigenvalue weighted by Crippen LogP contribution is 2.30. The highest BCUT2D eigenvalue weighted by Gasteiger charge is 2.15. The minimum absolute atomic E-state index is 0.300. The van der Waals surface area contributed by atoms with Gasteiger partial charge in [0.25, 0.3) is 5.91 Å². The molecule has 1 saturated carbocycles. The highest BCUT2D eigenvalue weighted by atomic mass is 16.5. The van der Waals surface area contributed by atoms with Gasteiger partial charge >= 0.3 is 0 Å². The highest BCUT2D eigenvalue weighted by molar-refractivity contribution is 6.03. The van der Waals surface area contributed by atoms with Gasteiger partial charge in [-0.15, -0.1) is 0 Å². The summed E-state index contributed by atoms with van der Waals surface area (Å²) in [6.45, 7) is 0. The van der Waals surface area contributed by atoms with Crippen molar-refractivity contribution in [2.45, 2.75) is 38.1 Å². The molecule has 1 amide bonds. The lowest BCUT2D eigenvalue weighted by molar-refractivity contribution is 0.102. The van der Waals surface area contributed by atoms with E-state index < -0.39 is 0 Å². The van der Waals surface area contributed by atoms with Crippen molar-refractivity contribution in [1.29, 1.82) is 0 Å². The van der Waals surface area contributed by atoms with Crippen molar-refractivity contribution in [3.05, 3.63) is 36.3 Å². The second-order valence-electron chi connectivity index (χ2n) is 6.29. The van der Waals surface area contributed by atoms with Gasteiger partial charge in [-0.3, -0.25) is 4.79 Å². The number of ether oxygens (including phenoxy) is 2. The molecule has 0 bridgehead atoms. The molecule has 138 valence electrons. The van der Waals surface area contributed by atoms with Crippen molar-refractivity contribution in [3.8, 4) is 11.5 Å². The van der Waals surface area contributed by atoms with Crippen molar-refractivity contribution in [2.24, 2.45) is 0 Å². The number of nitrogens with zero attached hydrogens (tertiary/aromatic N) is 2. The molecule has 7 heteroatoms. The van der Waals surface area contributed by atoms with Crippen molar-refractivity contribution in [2.75, 3.05) is 24.9 Å². The zero-order chi connectivity index (χ0) is 18.4. The van der Waals surface area contributed by atoms with Gasteiger partial charge in [-0.25, -0.2) is 9.97 Å². The van der Waals surface area contributed by atoms with Gasteiger partial charge in [-0.1, -0.05) is 19.3 Å². The molecule has 1 aromatic heterocycles. The lowest BCUT2D eigenvalue weighted by atomic mass is 9.95. The first kappa shape index (κ1) is 18.0. The van der Waals surface area contributed by atoms with Crippen LogP contribution in [0.4, 0.5) is 11.5 Å². The molecular weight excluding hydrogens is 332 g/mol. The Morgan fingerprint density at radius 3 is 2.54 bits per heavy atom. The summed E-state index contributed by atoms with van der Waals surface area (Å²) in [7, 11) is 3.12. The third-order valence-electron chi connectivity index (χ3n) is 4.50. The maximum absolute atomic E-state index is 12.5. The minimum atomic E-state index is -0.300. The van der Waals surface area contributed by atoms with Gasteiger partial charge < -0.3 is 20.1 Å². The zero-order valence-corrected chi connectivity index (χ0v) is 15.1. The Labute approximate surface area is 153 Å². The Bertz CT molecular complexity index is 760. The maximum Gasteiger partial charge on any atom is 0.274 e. The number of nitrogens with one attached hydrogen (secondary N) is 2. The summed E-state index contributed by atoms with van der Waals surface area (Å²) in [5.41, 5.74) is 0.918. The van der Waals surface area contributed by atoms with E-state index in [1.165, 1.54) is 25.6 Å². The monoisotopic (exact) mass is 356 g/mol. The van der Waals surface area contributed by atoms with Crippen LogP contribution in [-0.2, 0) is 0 Å². The molecule has 3 rings (SSSR count). The van der Waals surface area contributed by atoms with Crippen LogP contribution in [0, 0.1) is 0 Å². The maximum atomic E-state index is 12.5. The number of amides is 1. The lowest BCUT2D eigenvalue weighted by Gasteiger charge is -2.23. The molecule has 1 aliphatic rings. The van der Waals surface area contributed by atoms with Crippen LogP contribution in [-0.4, -0.2) is 36.1 Å². The Balaban J connectivity index is 1.68. The number of hydrogen-bond acceptors (Lipinski definition) is 6. The van der Waals surface area contributed by atoms with Gasteiger partial charge in [-0.05, 0) is 25.0 Å². The van der Waals surface area contributed by atoms with Crippen LogP contribution in [0.25, 0.3) is 0 Å². The van der Waals surface area contributed by atoms with Gasteiger partial charge in [0.1, 0.15) is 17.8 Å². The molecule has 0 aliphatic heterocycles. The lowest BCUT2D eigenvalue weighted by Crippen LogP contribution is -2.23. The minimum Gasteiger partial charge on any atom is -0.493 e. The normalized spacial score (nSPS) is 14.5. The van der Waals surface area contributed by atoms with Crippen LogP contribution in [0.1, 0.15) is 42.6 Å². The molecule has 0 unspecified atom stereocenters. The fourth-order valence-corrected chi connectivity index (χ4v) is 3.13. The third kappa shape index (κ3) is 4.41. The van der Waals surface area contributed by atoms with E-state index in [0.717, 1.165) is 12.8 Å². The van der Waals surface area contributed by atoms with E-state index in [0.29, 0.717) is 34.7 Å². The van der Waals surface area contributed by atoms with Gasteiger partial charge in [0.05, 0.1) is 14.2 Å². The zero-order valence-electron chi connectivity index (χ0n) is 15.1. The number of anilines is 2. The Hall–Kier alpha value is -2.83. The van der Waals surface area contributed by atoms with Crippen molar-refractivity contribution < 1.29 is 14.3 Å². The van der Waals surface area contributed by atoms with Crippen molar-refractivity contribution in [1.82, 2.24) is 9.97 Å². The fourth-order valence-electron chi connectivity index (χ4n) is 3.13. The third-order valence-corrected chi connectivity index (χ3v) is 4.50. The van der Waals surface area contributed by atoms with Crippen molar-refractivity contribution in [3.63, 3.8) is 0 Å². The van der Waals surface area contributed by atoms with Crippen molar-refractivity contribution >= 4 is 17.4 Å². The molecule has 0 saturated heterocycles. The second kappa shape index (κ2) is 8.51. The number of hydrogen-bond donors (Lipinski definition) is 2. The van der Waals surface area contributed by atoms with Gasteiger partial charge in [0.15, 0.2) is 11.5 Å².